The molecule has 1 heterocycles. The van der Waals surface area contributed by atoms with E-state index in [0.717, 1.165) is 30.3 Å². The Morgan fingerprint density at radius 1 is 1.64 bits per heavy atom. The fourth-order valence-corrected chi connectivity index (χ4v) is 2.86. The fourth-order valence-electron chi connectivity index (χ4n) is 1.31. The molecule has 0 saturated heterocycles. The molecule has 0 aliphatic rings. The molecule has 0 fully saturated rings. The second kappa shape index (κ2) is 6.56. The maximum Gasteiger partial charge on any atom is 0.0462 e. The summed E-state index contributed by atoms with van der Waals surface area (Å²) in [4.78, 5) is 1.35. The predicted molar refractivity (Wildman–Crippen MR) is 64.8 cm³/mol. The highest BCUT2D eigenvalue weighted by molar-refractivity contribution is 9.10. The summed E-state index contributed by atoms with van der Waals surface area (Å²) < 4.78 is 6.14. The zero-order chi connectivity index (χ0) is 10.4. The van der Waals surface area contributed by atoms with E-state index >= 15 is 0 Å². The van der Waals surface area contributed by atoms with Crippen LogP contribution >= 0.6 is 27.3 Å². The van der Waals surface area contributed by atoms with Gasteiger partial charge in [-0.25, -0.2) is 0 Å². The van der Waals surface area contributed by atoms with Crippen molar-refractivity contribution in [1.82, 2.24) is 0 Å². The van der Waals surface area contributed by atoms with Crippen molar-refractivity contribution in [1.29, 1.82) is 0 Å². The molecule has 4 heteroatoms. The van der Waals surface area contributed by atoms with Crippen molar-refractivity contribution >= 4 is 27.3 Å². The fraction of sp³-hybridized carbons (Fsp3) is 0.600. The molecular weight excluding hydrogens is 262 g/mol. The summed E-state index contributed by atoms with van der Waals surface area (Å²) >= 11 is 5.19. The first-order valence-corrected chi connectivity index (χ1v) is 6.37. The van der Waals surface area contributed by atoms with E-state index in [2.05, 4.69) is 27.4 Å². The number of methoxy groups -OCH3 is 1. The molecule has 2 nitrogen and oxygen atoms in total. The van der Waals surface area contributed by atoms with E-state index in [1.165, 1.54) is 4.88 Å². The number of rotatable bonds is 6. The molecule has 0 saturated carbocycles. The largest absolute Gasteiger partial charge is 0.385 e. The van der Waals surface area contributed by atoms with Crippen LogP contribution in [0.25, 0.3) is 0 Å². The Balaban J connectivity index is 2.23. The Morgan fingerprint density at radius 3 is 3.00 bits per heavy atom. The second-order valence-corrected chi connectivity index (χ2v) is 5.24. The van der Waals surface area contributed by atoms with Gasteiger partial charge in [-0.1, -0.05) is 0 Å². The van der Waals surface area contributed by atoms with Gasteiger partial charge in [0.1, 0.15) is 0 Å². The first-order chi connectivity index (χ1) is 6.72. The topological polar surface area (TPSA) is 35.2 Å². The molecule has 0 aliphatic heterocycles. The molecule has 1 atom stereocenters. The lowest BCUT2D eigenvalue weighted by molar-refractivity contribution is 0.190. The van der Waals surface area contributed by atoms with Crippen molar-refractivity contribution in [2.75, 3.05) is 13.7 Å². The van der Waals surface area contributed by atoms with Crippen LogP contribution in [-0.2, 0) is 11.2 Å². The number of thiophene rings is 1. The first-order valence-electron chi connectivity index (χ1n) is 4.70. The van der Waals surface area contributed by atoms with Crippen LogP contribution in [0.3, 0.4) is 0 Å². The third kappa shape index (κ3) is 4.55. The Bertz CT molecular complexity index is 264. The van der Waals surface area contributed by atoms with E-state index in [4.69, 9.17) is 10.5 Å². The molecule has 1 aromatic heterocycles. The summed E-state index contributed by atoms with van der Waals surface area (Å²) in [7, 11) is 1.72. The summed E-state index contributed by atoms with van der Waals surface area (Å²) in [6.45, 7) is 0.807. The smallest absolute Gasteiger partial charge is 0.0462 e. The molecule has 14 heavy (non-hydrogen) atoms. The van der Waals surface area contributed by atoms with E-state index < -0.39 is 0 Å². The predicted octanol–water partition coefficient (Wildman–Crippen LogP) is 2.81. The lowest BCUT2D eigenvalue weighted by Crippen LogP contribution is -2.22. The van der Waals surface area contributed by atoms with Crippen LogP contribution in [0, 0.1) is 0 Å². The van der Waals surface area contributed by atoms with Crippen LogP contribution in [0.1, 0.15) is 17.7 Å². The van der Waals surface area contributed by atoms with Gasteiger partial charge in [0, 0.05) is 34.5 Å². The van der Waals surface area contributed by atoms with Gasteiger partial charge in [-0.2, -0.15) is 0 Å². The van der Waals surface area contributed by atoms with Gasteiger partial charge in [0.2, 0.25) is 0 Å². The van der Waals surface area contributed by atoms with Gasteiger partial charge in [-0.15, -0.1) is 11.3 Å². The average Bonchev–Trinajstić information content (AvgIpc) is 2.52. The normalized spacial score (nSPS) is 13.1. The van der Waals surface area contributed by atoms with Gasteiger partial charge in [0.25, 0.3) is 0 Å². The molecule has 0 aromatic carbocycles. The van der Waals surface area contributed by atoms with Gasteiger partial charge < -0.3 is 10.5 Å². The monoisotopic (exact) mass is 277 g/mol. The van der Waals surface area contributed by atoms with Crippen molar-refractivity contribution in [3.8, 4) is 0 Å². The van der Waals surface area contributed by atoms with Crippen LogP contribution in [0.2, 0.25) is 0 Å². The molecule has 0 amide bonds. The number of hydrogen-bond donors (Lipinski definition) is 1. The SMILES string of the molecule is COCCCC(N)Cc1cc(Br)cs1. The first kappa shape index (κ1) is 12.2. The maximum atomic E-state index is 5.99. The summed E-state index contributed by atoms with van der Waals surface area (Å²) in [5, 5.41) is 2.09. The average molecular weight is 278 g/mol. The second-order valence-electron chi connectivity index (χ2n) is 3.33. The molecule has 0 bridgehead atoms. The number of hydrogen-bond acceptors (Lipinski definition) is 3. The lowest BCUT2D eigenvalue weighted by Gasteiger charge is -2.09. The molecule has 80 valence electrons. The van der Waals surface area contributed by atoms with Crippen molar-refractivity contribution in [3.63, 3.8) is 0 Å². The van der Waals surface area contributed by atoms with Crippen LogP contribution in [0.5, 0.6) is 0 Å². The van der Waals surface area contributed by atoms with Crippen molar-refractivity contribution < 1.29 is 4.74 Å². The maximum absolute atomic E-state index is 5.99. The van der Waals surface area contributed by atoms with Crippen LogP contribution in [0.15, 0.2) is 15.9 Å². The Kier molecular flexibility index (Phi) is 5.70. The van der Waals surface area contributed by atoms with E-state index in [-0.39, 0.29) is 6.04 Å². The molecule has 2 N–H and O–H groups in total. The number of ether oxygens (including phenoxy) is 1. The van der Waals surface area contributed by atoms with Gasteiger partial charge >= 0.3 is 0 Å². The Hall–Kier alpha value is 0.1000. The van der Waals surface area contributed by atoms with Gasteiger partial charge in [0.05, 0.1) is 0 Å². The highest BCUT2D eigenvalue weighted by atomic mass is 79.9. The van der Waals surface area contributed by atoms with E-state index in [9.17, 15) is 0 Å². The molecule has 0 spiro atoms. The number of nitrogens with two attached hydrogens (primary N) is 1. The minimum atomic E-state index is 0.260. The molecule has 0 aliphatic carbocycles. The third-order valence-corrected chi connectivity index (χ3v) is 3.73. The summed E-state index contributed by atoms with van der Waals surface area (Å²) in [5.74, 6) is 0. The van der Waals surface area contributed by atoms with Gasteiger partial charge in [-0.05, 0) is 41.3 Å². The molecule has 0 radical (unpaired) electrons. The van der Waals surface area contributed by atoms with E-state index in [1.54, 1.807) is 18.4 Å². The summed E-state index contributed by atoms with van der Waals surface area (Å²) in [6, 6.07) is 2.40. The highest BCUT2D eigenvalue weighted by Crippen LogP contribution is 2.21. The molecule has 1 aromatic rings. The third-order valence-electron chi connectivity index (χ3n) is 2.01. The van der Waals surface area contributed by atoms with Crippen LogP contribution in [0.4, 0.5) is 0 Å². The van der Waals surface area contributed by atoms with Crippen molar-refractivity contribution in [2.45, 2.75) is 25.3 Å². The zero-order valence-corrected chi connectivity index (χ0v) is 10.7. The van der Waals surface area contributed by atoms with Gasteiger partial charge in [-0.3, -0.25) is 0 Å². The number of halogens is 1. The molecular formula is C10H16BrNOS. The van der Waals surface area contributed by atoms with Crippen LogP contribution in [-0.4, -0.2) is 19.8 Å². The van der Waals surface area contributed by atoms with Crippen LogP contribution < -0.4 is 5.73 Å². The minimum Gasteiger partial charge on any atom is -0.385 e. The van der Waals surface area contributed by atoms with E-state index in [1.807, 2.05) is 0 Å². The Morgan fingerprint density at radius 2 is 2.43 bits per heavy atom. The molecule has 1 rings (SSSR count). The molecule has 1 unspecified atom stereocenters. The summed E-state index contributed by atoms with van der Waals surface area (Å²) in [6.07, 6.45) is 3.05. The minimum absolute atomic E-state index is 0.260. The van der Waals surface area contributed by atoms with E-state index in [0.29, 0.717) is 0 Å². The Labute approximate surface area is 97.6 Å². The lowest BCUT2D eigenvalue weighted by atomic mass is 10.1. The van der Waals surface area contributed by atoms with Gasteiger partial charge in [0.15, 0.2) is 0 Å². The quantitative estimate of drug-likeness (QED) is 0.812. The highest BCUT2D eigenvalue weighted by Gasteiger charge is 2.05. The summed E-state index contributed by atoms with van der Waals surface area (Å²) in [5.41, 5.74) is 5.99. The van der Waals surface area contributed by atoms with Crippen molar-refractivity contribution in [3.05, 3.63) is 20.8 Å². The standard InChI is InChI=1S/C10H16BrNOS/c1-13-4-2-3-9(12)6-10-5-8(11)7-14-10/h5,7,9H,2-4,6,12H2,1H3. The zero-order valence-electron chi connectivity index (χ0n) is 8.33. The van der Waals surface area contributed by atoms with Crippen molar-refractivity contribution in [2.24, 2.45) is 5.73 Å².